The van der Waals surface area contributed by atoms with E-state index in [0.29, 0.717) is 23.3 Å². The first-order valence-corrected chi connectivity index (χ1v) is 10.7. The first kappa shape index (κ1) is 18.7. The summed E-state index contributed by atoms with van der Waals surface area (Å²) < 4.78 is 7.50. The monoisotopic (exact) mass is 416 g/mol. The number of fused-ring (bicyclic) bond motifs is 1. The molecular weight excluding hydrogens is 396 g/mol. The molecule has 5 rings (SSSR count). The largest absolute Gasteiger partial charge is 0.461 e. The van der Waals surface area contributed by atoms with E-state index in [2.05, 4.69) is 16.3 Å². The fourth-order valence-electron chi connectivity index (χ4n) is 3.72. The van der Waals surface area contributed by atoms with Crippen molar-refractivity contribution in [1.29, 1.82) is 0 Å². The highest BCUT2D eigenvalue weighted by Gasteiger charge is 2.30. The Balaban J connectivity index is 1.46. The average Bonchev–Trinajstić information content (AvgIpc) is 3.53. The van der Waals surface area contributed by atoms with Crippen LogP contribution in [0, 0.1) is 0 Å². The molecule has 30 heavy (non-hydrogen) atoms. The summed E-state index contributed by atoms with van der Waals surface area (Å²) in [6, 6.07) is 21.6. The molecule has 0 spiro atoms. The van der Waals surface area contributed by atoms with Crippen LogP contribution < -0.4 is 4.90 Å². The molecule has 0 fully saturated rings. The molecule has 2 aromatic carbocycles. The molecule has 0 N–H and O–H groups in total. The number of rotatable bonds is 5. The summed E-state index contributed by atoms with van der Waals surface area (Å²) in [6.07, 6.45) is 2.51. The van der Waals surface area contributed by atoms with Gasteiger partial charge in [0.25, 0.3) is 0 Å². The van der Waals surface area contributed by atoms with Gasteiger partial charge >= 0.3 is 0 Å². The van der Waals surface area contributed by atoms with Gasteiger partial charge in [0, 0.05) is 17.9 Å². The lowest BCUT2D eigenvalue weighted by atomic mass is 10.2. The lowest BCUT2D eigenvalue weighted by molar-refractivity contribution is -0.117. The summed E-state index contributed by atoms with van der Waals surface area (Å²) in [5.41, 5.74) is 3.15. The fraction of sp³-hybridized carbons (Fsp3) is 0.174. The van der Waals surface area contributed by atoms with Crippen LogP contribution in [0.1, 0.15) is 12.5 Å². The van der Waals surface area contributed by atoms with Crippen LogP contribution in [-0.4, -0.2) is 32.5 Å². The molecule has 0 aliphatic carbocycles. The maximum Gasteiger partial charge on any atom is 0.240 e. The number of amides is 1. The normalized spacial score (nSPS) is 14.0. The lowest BCUT2D eigenvalue weighted by Gasteiger charge is -2.21. The topological polar surface area (TPSA) is 64.2 Å². The average molecular weight is 417 g/mol. The number of benzene rings is 2. The SMILES string of the molecule is CC(Sc1nnc(-c2ccco2)n1-c1ccccc1)C(=O)N1CCc2ccccc21. The molecule has 1 aliphatic rings. The van der Waals surface area contributed by atoms with Crippen molar-refractivity contribution in [2.75, 3.05) is 11.4 Å². The summed E-state index contributed by atoms with van der Waals surface area (Å²) in [4.78, 5) is 15.1. The van der Waals surface area contributed by atoms with E-state index in [4.69, 9.17) is 4.42 Å². The molecule has 1 aliphatic heterocycles. The van der Waals surface area contributed by atoms with Gasteiger partial charge in [-0.25, -0.2) is 0 Å². The summed E-state index contributed by atoms with van der Waals surface area (Å²) in [5.74, 6) is 1.32. The van der Waals surface area contributed by atoms with E-state index in [1.54, 1.807) is 6.26 Å². The molecule has 6 nitrogen and oxygen atoms in total. The predicted octanol–water partition coefficient (Wildman–Crippen LogP) is 4.60. The van der Waals surface area contributed by atoms with Gasteiger partial charge in [0.05, 0.1) is 11.5 Å². The first-order chi connectivity index (χ1) is 14.7. The minimum absolute atomic E-state index is 0.0760. The van der Waals surface area contributed by atoms with E-state index in [-0.39, 0.29) is 11.2 Å². The second-order valence-electron chi connectivity index (χ2n) is 7.08. The van der Waals surface area contributed by atoms with Crippen molar-refractivity contribution in [3.8, 4) is 17.3 Å². The summed E-state index contributed by atoms with van der Waals surface area (Å²) in [5, 5.41) is 9.08. The molecular formula is C23H20N4O2S. The molecule has 150 valence electrons. The highest BCUT2D eigenvalue weighted by molar-refractivity contribution is 8.00. The molecule has 0 saturated carbocycles. The maximum atomic E-state index is 13.2. The van der Waals surface area contributed by atoms with Gasteiger partial charge in [-0.2, -0.15) is 0 Å². The Labute approximate surface area is 178 Å². The zero-order valence-corrected chi connectivity index (χ0v) is 17.2. The van der Waals surface area contributed by atoms with E-state index in [1.807, 2.05) is 77.1 Å². The van der Waals surface area contributed by atoms with Crippen LogP contribution in [0.3, 0.4) is 0 Å². The van der Waals surface area contributed by atoms with Gasteiger partial charge in [0.1, 0.15) is 0 Å². The fourth-order valence-corrected chi connectivity index (χ4v) is 4.65. The molecule has 0 saturated heterocycles. The third kappa shape index (κ3) is 3.31. The summed E-state index contributed by atoms with van der Waals surface area (Å²) in [7, 11) is 0. The zero-order chi connectivity index (χ0) is 20.5. The number of furan rings is 1. The number of anilines is 1. The molecule has 4 aromatic rings. The molecule has 0 radical (unpaired) electrons. The first-order valence-electron chi connectivity index (χ1n) is 9.83. The van der Waals surface area contributed by atoms with Gasteiger partial charge < -0.3 is 9.32 Å². The van der Waals surface area contributed by atoms with Gasteiger partial charge in [-0.15, -0.1) is 10.2 Å². The molecule has 1 amide bonds. The minimum Gasteiger partial charge on any atom is -0.461 e. The van der Waals surface area contributed by atoms with E-state index < -0.39 is 0 Å². The quantitative estimate of drug-likeness (QED) is 0.445. The van der Waals surface area contributed by atoms with Crippen LogP contribution in [0.2, 0.25) is 0 Å². The lowest BCUT2D eigenvalue weighted by Crippen LogP contribution is -2.35. The summed E-state index contributed by atoms with van der Waals surface area (Å²) >= 11 is 1.41. The maximum absolute atomic E-state index is 13.2. The standard InChI is InChI=1S/C23H20N4O2S/c1-16(22(28)26-14-13-17-8-5-6-11-19(17)26)30-23-25-24-21(20-12-7-15-29-20)27(23)18-9-3-2-4-10-18/h2-12,15-16H,13-14H2,1H3. The Morgan fingerprint density at radius 3 is 2.63 bits per heavy atom. The Kier molecular flexibility index (Phi) is 4.88. The van der Waals surface area contributed by atoms with Crippen molar-refractivity contribution in [2.45, 2.75) is 23.8 Å². The van der Waals surface area contributed by atoms with Gasteiger partial charge in [0.15, 0.2) is 10.9 Å². The Bertz CT molecular complexity index is 1170. The number of hydrogen-bond donors (Lipinski definition) is 0. The van der Waals surface area contributed by atoms with Crippen molar-refractivity contribution >= 4 is 23.4 Å². The number of carbonyl (C=O) groups excluding carboxylic acids is 1. The van der Waals surface area contributed by atoms with E-state index in [0.717, 1.165) is 17.8 Å². The van der Waals surface area contributed by atoms with Crippen molar-refractivity contribution in [1.82, 2.24) is 14.8 Å². The highest BCUT2D eigenvalue weighted by atomic mass is 32.2. The number of thioether (sulfide) groups is 1. The van der Waals surface area contributed by atoms with Crippen molar-refractivity contribution in [2.24, 2.45) is 0 Å². The van der Waals surface area contributed by atoms with Crippen molar-refractivity contribution in [3.05, 3.63) is 78.6 Å². The second-order valence-corrected chi connectivity index (χ2v) is 8.39. The van der Waals surface area contributed by atoms with E-state index >= 15 is 0 Å². The molecule has 1 unspecified atom stereocenters. The smallest absolute Gasteiger partial charge is 0.240 e. The minimum atomic E-state index is -0.313. The number of hydrogen-bond acceptors (Lipinski definition) is 5. The van der Waals surface area contributed by atoms with Gasteiger partial charge in [-0.3, -0.25) is 9.36 Å². The predicted molar refractivity (Wildman–Crippen MR) is 117 cm³/mol. The molecule has 7 heteroatoms. The number of para-hydroxylation sites is 2. The van der Waals surface area contributed by atoms with Crippen LogP contribution in [0.25, 0.3) is 17.3 Å². The van der Waals surface area contributed by atoms with Crippen LogP contribution in [-0.2, 0) is 11.2 Å². The van der Waals surface area contributed by atoms with Crippen LogP contribution in [0.15, 0.2) is 82.6 Å². The van der Waals surface area contributed by atoms with Gasteiger partial charge in [0.2, 0.25) is 11.7 Å². The van der Waals surface area contributed by atoms with Gasteiger partial charge in [-0.05, 0) is 49.2 Å². The van der Waals surface area contributed by atoms with E-state index in [9.17, 15) is 4.79 Å². The van der Waals surface area contributed by atoms with Crippen molar-refractivity contribution < 1.29 is 9.21 Å². The Morgan fingerprint density at radius 1 is 1.03 bits per heavy atom. The van der Waals surface area contributed by atoms with Crippen molar-refractivity contribution in [3.63, 3.8) is 0 Å². The Hall–Kier alpha value is -3.32. The third-order valence-electron chi connectivity index (χ3n) is 5.17. The zero-order valence-electron chi connectivity index (χ0n) is 16.4. The van der Waals surface area contributed by atoms with E-state index in [1.165, 1.54) is 17.3 Å². The second kappa shape index (κ2) is 7.84. The van der Waals surface area contributed by atoms with Crippen LogP contribution in [0.4, 0.5) is 5.69 Å². The molecule has 0 bridgehead atoms. The van der Waals surface area contributed by atoms with Gasteiger partial charge in [-0.1, -0.05) is 48.2 Å². The molecule has 2 aromatic heterocycles. The van der Waals surface area contributed by atoms with Crippen LogP contribution in [0.5, 0.6) is 0 Å². The summed E-state index contributed by atoms with van der Waals surface area (Å²) in [6.45, 7) is 2.64. The molecule has 1 atom stereocenters. The Morgan fingerprint density at radius 2 is 1.83 bits per heavy atom. The molecule has 3 heterocycles. The highest BCUT2D eigenvalue weighted by Crippen LogP contribution is 2.33. The van der Waals surface area contributed by atoms with Crippen LogP contribution >= 0.6 is 11.8 Å². The number of nitrogens with zero attached hydrogens (tertiary/aromatic N) is 4. The number of aromatic nitrogens is 3. The third-order valence-corrected chi connectivity index (χ3v) is 6.20. The number of carbonyl (C=O) groups is 1.